The Hall–Kier alpha value is -1.66. The standard InChI is InChI=1S/C15H21N3O2S/c1-5-18(12(4)19)15-17-13(9-21-15)8-16-11(3)14-7-6-10(2)20-14/h6-7,9,11,16H,5,8H2,1-4H3. The van der Waals surface area contributed by atoms with Gasteiger partial charge in [0.1, 0.15) is 11.5 Å². The normalized spacial score (nSPS) is 12.4. The van der Waals surface area contributed by atoms with Gasteiger partial charge in [-0.2, -0.15) is 0 Å². The van der Waals surface area contributed by atoms with E-state index in [1.807, 2.05) is 31.4 Å². The highest BCUT2D eigenvalue weighted by atomic mass is 32.1. The zero-order valence-corrected chi connectivity index (χ0v) is 13.7. The van der Waals surface area contributed by atoms with Gasteiger partial charge in [-0.25, -0.2) is 4.98 Å². The number of rotatable bonds is 6. The molecule has 2 aromatic rings. The first-order valence-corrected chi connectivity index (χ1v) is 7.91. The molecule has 0 bridgehead atoms. The van der Waals surface area contributed by atoms with E-state index in [9.17, 15) is 4.79 Å². The van der Waals surface area contributed by atoms with E-state index in [2.05, 4.69) is 17.2 Å². The number of thiazole rings is 1. The van der Waals surface area contributed by atoms with Crippen LogP contribution >= 0.6 is 11.3 Å². The Labute approximate surface area is 129 Å². The number of hydrogen-bond acceptors (Lipinski definition) is 5. The van der Waals surface area contributed by atoms with Crippen LogP contribution in [0.4, 0.5) is 5.13 Å². The van der Waals surface area contributed by atoms with Gasteiger partial charge in [0.05, 0.1) is 11.7 Å². The number of carbonyl (C=O) groups excluding carboxylic acids is 1. The second kappa shape index (κ2) is 6.87. The molecule has 2 aromatic heterocycles. The molecule has 0 radical (unpaired) electrons. The van der Waals surface area contributed by atoms with E-state index < -0.39 is 0 Å². The van der Waals surface area contributed by atoms with E-state index in [1.54, 1.807) is 11.8 Å². The molecule has 0 aliphatic heterocycles. The molecule has 1 unspecified atom stereocenters. The number of nitrogens with zero attached hydrogens (tertiary/aromatic N) is 2. The first-order chi connectivity index (χ1) is 10.0. The minimum Gasteiger partial charge on any atom is -0.465 e. The highest BCUT2D eigenvalue weighted by Gasteiger charge is 2.14. The van der Waals surface area contributed by atoms with Crippen LogP contribution in [0.15, 0.2) is 21.9 Å². The van der Waals surface area contributed by atoms with Gasteiger partial charge in [-0.05, 0) is 32.9 Å². The molecule has 1 amide bonds. The van der Waals surface area contributed by atoms with Crippen molar-refractivity contribution >= 4 is 22.4 Å². The van der Waals surface area contributed by atoms with Gasteiger partial charge in [0, 0.05) is 25.4 Å². The molecule has 0 saturated heterocycles. The first kappa shape index (κ1) is 15.7. The Kier molecular flexibility index (Phi) is 5.14. The van der Waals surface area contributed by atoms with Gasteiger partial charge in [0.25, 0.3) is 0 Å². The van der Waals surface area contributed by atoms with Crippen LogP contribution in [0.25, 0.3) is 0 Å². The largest absolute Gasteiger partial charge is 0.465 e. The highest BCUT2D eigenvalue weighted by Crippen LogP contribution is 2.21. The summed E-state index contributed by atoms with van der Waals surface area (Å²) in [6.45, 7) is 8.78. The second-order valence-corrected chi connectivity index (χ2v) is 5.77. The van der Waals surface area contributed by atoms with E-state index in [4.69, 9.17) is 4.42 Å². The topological polar surface area (TPSA) is 58.4 Å². The van der Waals surface area contributed by atoms with Crippen molar-refractivity contribution in [1.82, 2.24) is 10.3 Å². The van der Waals surface area contributed by atoms with E-state index >= 15 is 0 Å². The van der Waals surface area contributed by atoms with E-state index in [0.717, 1.165) is 22.3 Å². The van der Waals surface area contributed by atoms with Gasteiger partial charge >= 0.3 is 0 Å². The zero-order valence-electron chi connectivity index (χ0n) is 12.8. The first-order valence-electron chi connectivity index (χ1n) is 7.03. The second-order valence-electron chi connectivity index (χ2n) is 4.94. The van der Waals surface area contributed by atoms with Crippen molar-refractivity contribution in [3.63, 3.8) is 0 Å². The molecule has 0 aliphatic rings. The summed E-state index contributed by atoms with van der Waals surface area (Å²) in [5, 5.41) is 6.11. The minimum atomic E-state index is 0.0192. The van der Waals surface area contributed by atoms with Crippen LogP contribution in [0, 0.1) is 6.92 Å². The van der Waals surface area contributed by atoms with Gasteiger partial charge < -0.3 is 9.73 Å². The van der Waals surface area contributed by atoms with Crippen molar-refractivity contribution in [2.45, 2.75) is 40.3 Å². The number of nitrogens with one attached hydrogen (secondary N) is 1. The summed E-state index contributed by atoms with van der Waals surface area (Å²) in [5.41, 5.74) is 0.935. The van der Waals surface area contributed by atoms with Gasteiger partial charge in [-0.3, -0.25) is 9.69 Å². The SMILES string of the molecule is CCN(C(C)=O)c1nc(CNC(C)c2ccc(C)o2)cs1. The fourth-order valence-electron chi connectivity index (χ4n) is 2.04. The van der Waals surface area contributed by atoms with Gasteiger partial charge in [0.2, 0.25) is 5.91 Å². The Bertz CT molecular complexity index is 606. The summed E-state index contributed by atoms with van der Waals surface area (Å²) in [5.74, 6) is 1.85. The average Bonchev–Trinajstić information content (AvgIpc) is 3.06. The van der Waals surface area contributed by atoms with Crippen molar-refractivity contribution < 1.29 is 9.21 Å². The molecule has 2 heterocycles. The molecular formula is C15H21N3O2S. The molecular weight excluding hydrogens is 286 g/mol. The molecule has 1 atom stereocenters. The molecule has 0 saturated carbocycles. The van der Waals surface area contributed by atoms with Gasteiger partial charge in [-0.15, -0.1) is 11.3 Å². The quantitative estimate of drug-likeness (QED) is 0.890. The monoisotopic (exact) mass is 307 g/mol. The summed E-state index contributed by atoms with van der Waals surface area (Å²) in [4.78, 5) is 17.7. The van der Waals surface area contributed by atoms with E-state index in [0.29, 0.717) is 13.1 Å². The molecule has 114 valence electrons. The predicted octanol–water partition coefficient (Wildman–Crippen LogP) is 3.27. The molecule has 21 heavy (non-hydrogen) atoms. The maximum absolute atomic E-state index is 11.5. The molecule has 0 fully saturated rings. The van der Waals surface area contributed by atoms with Gasteiger partial charge in [-0.1, -0.05) is 0 Å². The Balaban J connectivity index is 1.95. The number of furan rings is 1. The third kappa shape index (κ3) is 3.92. The molecule has 2 rings (SSSR count). The number of aryl methyl sites for hydroxylation is 1. The van der Waals surface area contributed by atoms with Crippen LogP contribution < -0.4 is 10.2 Å². The van der Waals surface area contributed by atoms with Crippen LogP contribution in [0.3, 0.4) is 0 Å². The zero-order chi connectivity index (χ0) is 15.4. The smallest absolute Gasteiger partial charge is 0.225 e. The lowest BCUT2D eigenvalue weighted by Gasteiger charge is -2.14. The van der Waals surface area contributed by atoms with Crippen LogP contribution in [-0.2, 0) is 11.3 Å². The molecule has 6 heteroatoms. The third-order valence-corrected chi connectivity index (χ3v) is 4.16. The predicted molar refractivity (Wildman–Crippen MR) is 84.5 cm³/mol. The summed E-state index contributed by atoms with van der Waals surface area (Å²) < 4.78 is 5.59. The third-order valence-electron chi connectivity index (χ3n) is 3.24. The van der Waals surface area contributed by atoms with Crippen LogP contribution in [0.5, 0.6) is 0 Å². The van der Waals surface area contributed by atoms with E-state index in [-0.39, 0.29) is 11.9 Å². The lowest BCUT2D eigenvalue weighted by molar-refractivity contribution is -0.116. The highest BCUT2D eigenvalue weighted by molar-refractivity contribution is 7.14. The van der Waals surface area contributed by atoms with Crippen molar-refractivity contribution in [1.29, 1.82) is 0 Å². The van der Waals surface area contributed by atoms with Crippen molar-refractivity contribution in [3.8, 4) is 0 Å². The molecule has 1 N–H and O–H groups in total. The number of aromatic nitrogens is 1. The molecule has 0 spiro atoms. The maximum Gasteiger partial charge on any atom is 0.225 e. The fourth-order valence-corrected chi connectivity index (χ4v) is 2.97. The van der Waals surface area contributed by atoms with Crippen LogP contribution in [0.1, 0.15) is 44.0 Å². The Morgan fingerprint density at radius 3 is 2.86 bits per heavy atom. The molecule has 5 nitrogen and oxygen atoms in total. The lowest BCUT2D eigenvalue weighted by atomic mass is 10.2. The number of carbonyl (C=O) groups is 1. The van der Waals surface area contributed by atoms with Crippen LogP contribution in [-0.4, -0.2) is 17.4 Å². The molecule has 0 aliphatic carbocycles. The summed E-state index contributed by atoms with van der Waals surface area (Å²) in [6, 6.07) is 4.06. The van der Waals surface area contributed by atoms with Crippen LogP contribution in [0.2, 0.25) is 0 Å². The Morgan fingerprint density at radius 2 is 2.29 bits per heavy atom. The Morgan fingerprint density at radius 1 is 1.52 bits per heavy atom. The van der Waals surface area contributed by atoms with Crippen molar-refractivity contribution in [3.05, 3.63) is 34.7 Å². The summed E-state index contributed by atoms with van der Waals surface area (Å²) >= 11 is 1.49. The lowest BCUT2D eigenvalue weighted by Crippen LogP contribution is -2.27. The van der Waals surface area contributed by atoms with Crippen molar-refractivity contribution in [2.24, 2.45) is 0 Å². The average molecular weight is 307 g/mol. The van der Waals surface area contributed by atoms with Crippen molar-refractivity contribution in [2.75, 3.05) is 11.4 Å². The minimum absolute atomic E-state index is 0.0192. The molecule has 0 aromatic carbocycles. The maximum atomic E-state index is 11.5. The van der Waals surface area contributed by atoms with Gasteiger partial charge in [0.15, 0.2) is 5.13 Å². The number of anilines is 1. The number of hydrogen-bond donors (Lipinski definition) is 1. The summed E-state index contributed by atoms with van der Waals surface area (Å²) in [6.07, 6.45) is 0. The van der Waals surface area contributed by atoms with E-state index in [1.165, 1.54) is 11.3 Å². The fraction of sp³-hybridized carbons (Fsp3) is 0.467. The summed E-state index contributed by atoms with van der Waals surface area (Å²) in [7, 11) is 0. The number of amides is 1.